The van der Waals surface area contributed by atoms with Crippen LogP contribution in [0.4, 0.5) is 5.69 Å². The largest absolute Gasteiger partial charge is 0.355 e. The van der Waals surface area contributed by atoms with Gasteiger partial charge in [-0.1, -0.05) is 0 Å². The summed E-state index contributed by atoms with van der Waals surface area (Å²) in [6.07, 6.45) is 2.77. The van der Waals surface area contributed by atoms with Crippen molar-refractivity contribution in [1.29, 1.82) is 0 Å². The number of carbonyl (C=O) groups excluding carboxylic acids is 1. The summed E-state index contributed by atoms with van der Waals surface area (Å²) in [6.45, 7) is 0.304. The molecule has 9 nitrogen and oxygen atoms in total. The standard InChI is InChI=1S/C13H16N4O5S/c1-23(21,22)7-5-14-13(18)4-6-16-12-8-11(17(19)20)3-2-10(12)9-15-16/h2-3,8-9H,4-7H2,1H3,(H,14,18). The molecule has 1 amide bonds. The maximum absolute atomic E-state index is 11.7. The minimum atomic E-state index is -3.12. The van der Waals surface area contributed by atoms with Gasteiger partial charge in [-0.15, -0.1) is 0 Å². The summed E-state index contributed by atoms with van der Waals surface area (Å²) >= 11 is 0. The minimum absolute atomic E-state index is 0.0446. The van der Waals surface area contributed by atoms with Crippen LogP contribution in [0.15, 0.2) is 24.4 Å². The topological polar surface area (TPSA) is 124 Å². The Kier molecular flexibility index (Phi) is 4.94. The van der Waals surface area contributed by atoms with Crippen molar-refractivity contribution in [2.24, 2.45) is 0 Å². The van der Waals surface area contributed by atoms with Gasteiger partial charge in [-0.3, -0.25) is 19.6 Å². The highest BCUT2D eigenvalue weighted by Crippen LogP contribution is 2.20. The number of rotatable bonds is 7. The average Bonchev–Trinajstić information content (AvgIpc) is 2.86. The molecule has 0 atom stereocenters. The zero-order chi connectivity index (χ0) is 17.0. The lowest BCUT2D eigenvalue weighted by molar-refractivity contribution is -0.384. The lowest BCUT2D eigenvalue weighted by Gasteiger charge is -2.05. The first kappa shape index (κ1) is 16.9. The SMILES string of the molecule is CS(=O)(=O)CCNC(=O)CCn1ncc2ccc([N+](=O)[O-])cc21. The molecule has 1 aromatic heterocycles. The van der Waals surface area contributed by atoms with Crippen LogP contribution in [0.5, 0.6) is 0 Å². The number of aromatic nitrogens is 2. The Balaban J connectivity index is 1.98. The van der Waals surface area contributed by atoms with Gasteiger partial charge >= 0.3 is 0 Å². The molecular weight excluding hydrogens is 324 g/mol. The van der Waals surface area contributed by atoms with E-state index in [1.54, 1.807) is 12.3 Å². The Morgan fingerprint density at radius 1 is 1.43 bits per heavy atom. The fourth-order valence-electron chi connectivity index (χ4n) is 2.02. The highest BCUT2D eigenvalue weighted by atomic mass is 32.2. The van der Waals surface area contributed by atoms with Gasteiger partial charge in [0.05, 0.1) is 28.9 Å². The highest BCUT2D eigenvalue weighted by Gasteiger charge is 2.11. The Labute approximate surface area is 132 Å². The maximum Gasteiger partial charge on any atom is 0.271 e. The number of aryl methyl sites for hydroxylation is 1. The number of hydrogen-bond acceptors (Lipinski definition) is 6. The van der Waals surface area contributed by atoms with E-state index in [2.05, 4.69) is 10.4 Å². The summed E-state index contributed by atoms with van der Waals surface area (Å²) in [6, 6.07) is 4.40. The molecule has 124 valence electrons. The fraction of sp³-hybridized carbons (Fsp3) is 0.385. The molecule has 0 spiro atoms. The van der Waals surface area contributed by atoms with Crippen LogP contribution in [0.2, 0.25) is 0 Å². The molecule has 1 N–H and O–H groups in total. The summed E-state index contributed by atoms with van der Waals surface area (Å²) in [7, 11) is -3.12. The summed E-state index contributed by atoms with van der Waals surface area (Å²) in [5.41, 5.74) is 0.528. The molecule has 2 rings (SSSR count). The number of nitrogens with one attached hydrogen (secondary N) is 1. The second-order valence-electron chi connectivity index (χ2n) is 5.10. The van der Waals surface area contributed by atoms with Crippen LogP contribution < -0.4 is 5.32 Å². The lowest BCUT2D eigenvalue weighted by atomic mass is 10.2. The van der Waals surface area contributed by atoms with Gasteiger partial charge in [-0.2, -0.15) is 5.10 Å². The number of non-ortho nitro benzene ring substituents is 1. The van der Waals surface area contributed by atoms with Crippen molar-refractivity contribution < 1.29 is 18.1 Å². The van der Waals surface area contributed by atoms with Gasteiger partial charge in [0.25, 0.3) is 5.69 Å². The second kappa shape index (κ2) is 6.73. The van der Waals surface area contributed by atoms with Crippen LogP contribution >= 0.6 is 0 Å². The average molecular weight is 340 g/mol. The van der Waals surface area contributed by atoms with E-state index in [0.717, 1.165) is 11.6 Å². The first-order valence-electron chi connectivity index (χ1n) is 6.80. The van der Waals surface area contributed by atoms with Crippen molar-refractivity contribution >= 4 is 32.3 Å². The van der Waals surface area contributed by atoms with E-state index in [0.29, 0.717) is 5.52 Å². The predicted molar refractivity (Wildman–Crippen MR) is 83.7 cm³/mol. The van der Waals surface area contributed by atoms with Gasteiger partial charge in [-0.05, 0) is 6.07 Å². The number of amides is 1. The Morgan fingerprint density at radius 3 is 2.83 bits per heavy atom. The quantitative estimate of drug-likeness (QED) is 0.578. The number of benzene rings is 1. The van der Waals surface area contributed by atoms with E-state index >= 15 is 0 Å². The van der Waals surface area contributed by atoms with E-state index in [1.807, 2.05) is 0 Å². The van der Waals surface area contributed by atoms with Gasteiger partial charge in [0, 0.05) is 36.7 Å². The number of nitrogens with zero attached hydrogens (tertiary/aromatic N) is 3. The Bertz CT molecular complexity index is 843. The second-order valence-corrected chi connectivity index (χ2v) is 7.36. The van der Waals surface area contributed by atoms with E-state index in [1.165, 1.54) is 16.8 Å². The molecule has 0 aliphatic carbocycles. The zero-order valence-corrected chi connectivity index (χ0v) is 13.2. The molecule has 1 aromatic carbocycles. The van der Waals surface area contributed by atoms with Crippen molar-refractivity contribution in [3.05, 3.63) is 34.5 Å². The summed E-state index contributed by atoms with van der Waals surface area (Å²) < 4.78 is 23.5. The zero-order valence-electron chi connectivity index (χ0n) is 12.4. The van der Waals surface area contributed by atoms with Crippen LogP contribution in [0.25, 0.3) is 10.9 Å². The van der Waals surface area contributed by atoms with Crippen LogP contribution in [0.1, 0.15) is 6.42 Å². The van der Waals surface area contributed by atoms with Gasteiger partial charge in [0.15, 0.2) is 0 Å². The third-order valence-corrected chi connectivity index (χ3v) is 4.13. The first-order chi connectivity index (χ1) is 10.8. The number of nitro groups is 1. The molecule has 0 unspecified atom stereocenters. The van der Waals surface area contributed by atoms with E-state index in [9.17, 15) is 23.3 Å². The molecule has 0 radical (unpaired) electrons. The van der Waals surface area contributed by atoms with Crippen LogP contribution in [0, 0.1) is 10.1 Å². The summed E-state index contributed by atoms with van der Waals surface area (Å²) in [5.74, 6) is -0.418. The number of sulfone groups is 1. The van der Waals surface area contributed by atoms with Crippen LogP contribution in [-0.4, -0.2) is 47.6 Å². The van der Waals surface area contributed by atoms with E-state index < -0.39 is 14.8 Å². The number of hydrogen-bond donors (Lipinski definition) is 1. The fourth-order valence-corrected chi connectivity index (χ4v) is 2.50. The van der Waals surface area contributed by atoms with Gasteiger partial charge in [0.2, 0.25) is 5.91 Å². The molecule has 0 aliphatic heterocycles. The van der Waals surface area contributed by atoms with Crippen molar-refractivity contribution in [3.8, 4) is 0 Å². The molecule has 0 fully saturated rings. The van der Waals surface area contributed by atoms with Gasteiger partial charge < -0.3 is 5.32 Å². The Hall–Kier alpha value is -2.49. The maximum atomic E-state index is 11.7. The van der Waals surface area contributed by atoms with E-state index in [4.69, 9.17) is 0 Å². The van der Waals surface area contributed by atoms with Gasteiger partial charge in [0.1, 0.15) is 9.84 Å². The normalized spacial score (nSPS) is 11.5. The van der Waals surface area contributed by atoms with Crippen LogP contribution in [-0.2, 0) is 21.2 Å². The third-order valence-electron chi connectivity index (χ3n) is 3.18. The molecule has 10 heteroatoms. The van der Waals surface area contributed by atoms with Crippen molar-refractivity contribution in [3.63, 3.8) is 0 Å². The summed E-state index contributed by atoms with van der Waals surface area (Å²) in [5, 5.41) is 18.2. The molecule has 23 heavy (non-hydrogen) atoms. The molecule has 0 bridgehead atoms. The van der Waals surface area contributed by atoms with Crippen molar-refractivity contribution in [2.75, 3.05) is 18.6 Å². The molecule has 0 saturated heterocycles. The third kappa shape index (κ3) is 4.74. The monoisotopic (exact) mass is 340 g/mol. The number of carbonyl (C=O) groups is 1. The number of fused-ring (bicyclic) bond motifs is 1. The molecule has 1 heterocycles. The number of nitro benzene ring substituents is 1. The molecule has 0 saturated carbocycles. The molecule has 2 aromatic rings. The smallest absolute Gasteiger partial charge is 0.271 e. The first-order valence-corrected chi connectivity index (χ1v) is 8.87. The van der Waals surface area contributed by atoms with Crippen molar-refractivity contribution in [1.82, 2.24) is 15.1 Å². The van der Waals surface area contributed by atoms with Gasteiger partial charge in [-0.25, -0.2) is 8.42 Å². The van der Waals surface area contributed by atoms with Crippen molar-refractivity contribution in [2.45, 2.75) is 13.0 Å². The predicted octanol–water partition coefficient (Wildman–Crippen LogP) is 0.495. The highest BCUT2D eigenvalue weighted by molar-refractivity contribution is 7.90. The molecule has 0 aliphatic rings. The lowest BCUT2D eigenvalue weighted by Crippen LogP contribution is -2.29. The molecular formula is C13H16N4O5S. The Morgan fingerprint density at radius 2 is 2.17 bits per heavy atom. The van der Waals surface area contributed by atoms with E-state index in [-0.39, 0.29) is 36.9 Å². The van der Waals surface area contributed by atoms with Crippen LogP contribution in [0.3, 0.4) is 0 Å². The minimum Gasteiger partial charge on any atom is -0.355 e. The summed E-state index contributed by atoms with van der Waals surface area (Å²) in [4.78, 5) is 22.0.